The maximum atomic E-state index is 12.9. The average molecular weight is 441 g/mol. The molecular weight excluding hydrogens is 422 g/mol. The summed E-state index contributed by atoms with van der Waals surface area (Å²) in [6, 6.07) is 7.64. The zero-order chi connectivity index (χ0) is 23.0. The van der Waals surface area contributed by atoms with Crippen LogP contribution in [0.2, 0.25) is 0 Å². The number of hydrogen-bond acceptors (Lipinski definition) is 8. The highest BCUT2D eigenvalue weighted by Crippen LogP contribution is 2.45. The van der Waals surface area contributed by atoms with Crippen LogP contribution in [-0.2, 0) is 14.3 Å². The first-order chi connectivity index (χ1) is 15.3. The maximum Gasteiger partial charge on any atom is 0.344 e. The van der Waals surface area contributed by atoms with E-state index in [9.17, 15) is 24.5 Å². The summed E-state index contributed by atoms with van der Waals surface area (Å²) in [4.78, 5) is 49.7. The number of non-ortho nitro benzene ring substituents is 1. The number of nitrogens with one attached hydrogen (secondary N) is 1. The van der Waals surface area contributed by atoms with Crippen LogP contribution >= 0.6 is 0 Å². The van der Waals surface area contributed by atoms with Crippen LogP contribution in [0, 0.1) is 10.1 Å². The minimum atomic E-state index is -1.08. The van der Waals surface area contributed by atoms with E-state index in [-0.39, 0.29) is 35.7 Å². The van der Waals surface area contributed by atoms with Crippen molar-refractivity contribution in [1.29, 1.82) is 0 Å². The Balaban J connectivity index is 1.61. The van der Waals surface area contributed by atoms with Crippen LogP contribution in [0.4, 0.5) is 11.4 Å². The number of fused-ring (bicyclic) bond motifs is 1. The number of hydrogen-bond donors (Lipinski definition) is 1. The summed E-state index contributed by atoms with van der Waals surface area (Å²) in [5, 5.41) is 13.5. The molecule has 1 saturated heterocycles. The molecule has 2 heterocycles. The summed E-state index contributed by atoms with van der Waals surface area (Å²) in [6.07, 6.45) is -0.747. The molecule has 2 atom stereocenters. The molecule has 0 saturated carbocycles. The first-order valence-electron chi connectivity index (χ1n) is 9.68. The topological polar surface area (TPSA) is 137 Å². The number of likely N-dealkylation sites (tertiary alicyclic amines) is 1. The maximum absolute atomic E-state index is 12.9. The van der Waals surface area contributed by atoms with Gasteiger partial charge in [0.15, 0.2) is 11.5 Å². The van der Waals surface area contributed by atoms with Crippen LogP contribution in [0.15, 0.2) is 36.4 Å². The highest BCUT2D eigenvalue weighted by molar-refractivity contribution is 6.01. The van der Waals surface area contributed by atoms with Crippen molar-refractivity contribution in [2.45, 2.75) is 25.1 Å². The molecule has 0 bridgehead atoms. The van der Waals surface area contributed by atoms with Crippen molar-refractivity contribution in [2.24, 2.45) is 0 Å². The molecule has 0 aromatic heterocycles. The Kier molecular flexibility index (Phi) is 5.39. The minimum absolute atomic E-state index is 0.106. The molecule has 166 valence electrons. The second-order valence-electron chi connectivity index (χ2n) is 7.17. The monoisotopic (exact) mass is 441 g/mol. The number of nitro groups is 1. The number of nitro benzene ring substituents is 1. The summed E-state index contributed by atoms with van der Waals surface area (Å²) in [7, 11) is 2.82. The molecule has 11 heteroatoms. The zero-order valence-electron chi connectivity index (χ0n) is 17.2. The van der Waals surface area contributed by atoms with Crippen LogP contribution in [0.5, 0.6) is 11.5 Å². The number of esters is 1. The Morgan fingerprint density at radius 3 is 2.50 bits per heavy atom. The molecule has 32 heavy (non-hydrogen) atoms. The quantitative estimate of drug-likeness (QED) is 0.410. The molecule has 0 spiro atoms. The third-order valence-corrected chi connectivity index (χ3v) is 5.42. The fourth-order valence-corrected chi connectivity index (χ4v) is 3.93. The molecule has 2 aromatic rings. The van der Waals surface area contributed by atoms with Crippen molar-refractivity contribution in [1.82, 2.24) is 4.90 Å². The summed E-state index contributed by atoms with van der Waals surface area (Å²) < 4.78 is 16.0. The van der Waals surface area contributed by atoms with Gasteiger partial charge in [-0.05, 0) is 30.7 Å². The lowest BCUT2D eigenvalue weighted by Gasteiger charge is -2.29. The van der Waals surface area contributed by atoms with E-state index in [4.69, 9.17) is 14.2 Å². The third kappa shape index (κ3) is 3.47. The number of anilines is 1. The van der Waals surface area contributed by atoms with Crippen LogP contribution in [0.25, 0.3) is 0 Å². The highest BCUT2D eigenvalue weighted by atomic mass is 16.6. The van der Waals surface area contributed by atoms with Gasteiger partial charge in [0, 0.05) is 29.8 Å². The van der Waals surface area contributed by atoms with Crippen molar-refractivity contribution in [3.05, 3.63) is 57.6 Å². The predicted molar refractivity (Wildman–Crippen MR) is 109 cm³/mol. The van der Waals surface area contributed by atoms with E-state index < -0.39 is 29.1 Å². The van der Waals surface area contributed by atoms with Crippen molar-refractivity contribution in [2.75, 3.05) is 19.5 Å². The van der Waals surface area contributed by atoms with Gasteiger partial charge in [-0.2, -0.15) is 0 Å². The van der Waals surface area contributed by atoms with Crippen molar-refractivity contribution in [3.8, 4) is 11.5 Å². The lowest BCUT2D eigenvalue weighted by Crippen LogP contribution is -2.43. The first-order valence-corrected chi connectivity index (χ1v) is 9.68. The number of rotatable bonds is 6. The van der Waals surface area contributed by atoms with Gasteiger partial charge in [0.25, 0.3) is 5.69 Å². The molecule has 2 aliphatic rings. The highest BCUT2D eigenvalue weighted by Gasteiger charge is 2.47. The van der Waals surface area contributed by atoms with Crippen LogP contribution < -0.4 is 14.8 Å². The van der Waals surface area contributed by atoms with Crippen LogP contribution in [-0.4, -0.2) is 47.9 Å². The summed E-state index contributed by atoms with van der Waals surface area (Å²) in [5.74, 6) is -0.987. The molecule has 1 N–H and O–H groups in total. The van der Waals surface area contributed by atoms with Gasteiger partial charge in [-0.3, -0.25) is 24.6 Å². The first kappa shape index (κ1) is 21.1. The number of nitrogens with zero attached hydrogens (tertiary/aromatic N) is 2. The van der Waals surface area contributed by atoms with E-state index in [0.29, 0.717) is 17.0 Å². The number of carbonyl (C=O) groups excluding carboxylic acids is 3. The fourth-order valence-electron chi connectivity index (χ4n) is 3.93. The van der Waals surface area contributed by atoms with E-state index in [1.165, 1.54) is 43.4 Å². The van der Waals surface area contributed by atoms with Gasteiger partial charge in [0.2, 0.25) is 18.0 Å². The third-order valence-electron chi connectivity index (χ3n) is 5.42. The number of benzene rings is 2. The molecule has 2 unspecified atom stereocenters. The molecular formula is C21H19N3O8. The van der Waals surface area contributed by atoms with E-state index >= 15 is 0 Å². The Morgan fingerprint density at radius 1 is 1.16 bits per heavy atom. The van der Waals surface area contributed by atoms with Gasteiger partial charge in [-0.15, -0.1) is 0 Å². The van der Waals surface area contributed by atoms with Gasteiger partial charge in [0.1, 0.15) is 11.6 Å². The minimum Gasteiger partial charge on any atom is -0.493 e. The second-order valence-corrected chi connectivity index (χ2v) is 7.17. The summed E-state index contributed by atoms with van der Waals surface area (Å²) in [6.45, 7) is 0. The lowest BCUT2D eigenvalue weighted by atomic mass is 10.1. The molecule has 0 radical (unpaired) electrons. The van der Waals surface area contributed by atoms with Crippen LogP contribution in [0.1, 0.15) is 35.0 Å². The standard InChI is InChI=1S/C21H19N3O8/c1-30-15-9-7-13-17(18(15)31-2)21(27)32-20(13)23-14(8-10-16(23)25)19(26)22-11-3-5-12(6-4-11)24(28)29/h3-7,9,14,20H,8,10H2,1-2H3,(H,22,26). The van der Waals surface area contributed by atoms with Crippen molar-refractivity contribution < 1.29 is 33.5 Å². The Hall–Kier alpha value is -4.15. The van der Waals surface area contributed by atoms with E-state index in [1.54, 1.807) is 12.1 Å². The number of cyclic esters (lactones) is 1. The molecule has 2 aromatic carbocycles. The number of ether oxygens (including phenoxy) is 3. The number of carbonyl (C=O) groups is 3. The zero-order valence-corrected chi connectivity index (χ0v) is 17.2. The Bertz CT molecular complexity index is 1110. The molecule has 11 nitrogen and oxygen atoms in total. The lowest BCUT2D eigenvalue weighted by molar-refractivity contribution is -0.384. The van der Waals surface area contributed by atoms with E-state index in [2.05, 4.69) is 5.32 Å². The SMILES string of the molecule is COc1ccc2c(c1OC)C(=O)OC2N1C(=O)CCC1C(=O)Nc1ccc([N+](=O)[O-])cc1. The molecule has 2 aliphatic heterocycles. The van der Waals surface area contributed by atoms with E-state index in [1.807, 2.05) is 0 Å². The molecule has 0 aliphatic carbocycles. The van der Waals surface area contributed by atoms with Gasteiger partial charge in [-0.1, -0.05) is 0 Å². The van der Waals surface area contributed by atoms with Gasteiger partial charge < -0.3 is 19.5 Å². The number of methoxy groups -OCH3 is 2. The molecule has 1 fully saturated rings. The number of amides is 2. The fraction of sp³-hybridized carbons (Fsp3) is 0.286. The smallest absolute Gasteiger partial charge is 0.344 e. The van der Waals surface area contributed by atoms with E-state index in [0.717, 1.165) is 0 Å². The normalized spacial score (nSPS) is 19.4. The predicted octanol–water partition coefficient (Wildman–Crippen LogP) is 2.41. The molecule has 4 rings (SSSR count). The second kappa shape index (κ2) is 8.17. The molecule has 2 amide bonds. The van der Waals surface area contributed by atoms with Crippen molar-refractivity contribution in [3.63, 3.8) is 0 Å². The Morgan fingerprint density at radius 2 is 1.88 bits per heavy atom. The van der Waals surface area contributed by atoms with Crippen LogP contribution in [0.3, 0.4) is 0 Å². The Labute approximate surface area is 182 Å². The average Bonchev–Trinajstić information content (AvgIpc) is 3.32. The summed E-state index contributed by atoms with van der Waals surface area (Å²) >= 11 is 0. The van der Waals surface area contributed by atoms with Gasteiger partial charge >= 0.3 is 5.97 Å². The van der Waals surface area contributed by atoms with Gasteiger partial charge in [-0.25, -0.2) is 4.79 Å². The summed E-state index contributed by atoms with van der Waals surface area (Å²) in [5.41, 5.74) is 0.775. The van der Waals surface area contributed by atoms with Gasteiger partial charge in [0.05, 0.1) is 19.1 Å². The van der Waals surface area contributed by atoms with Crippen molar-refractivity contribution >= 4 is 29.2 Å². The largest absolute Gasteiger partial charge is 0.493 e.